The SMILES string of the molecule is CCCCOc1ccc(C(=O)NNC(=O)c2ccc(OC)c(OCC)c2)cc1OC. The highest BCUT2D eigenvalue weighted by molar-refractivity contribution is 5.99. The lowest BCUT2D eigenvalue weighted by atomic mass is 10.2. The van der Waals surface area contributed by atoms with Gasteiger partial charge >= 0.3 is 0 Å². The largest absolute Gasteiger partial charge is 0.493 e. The molecule has 0 unspecified atom stereocenters. The molecular formula is C22H28N2O6. The van der Waals surface area contributed by atoms with Crippen molar-refractivity contribution in [1.82, 2.24) is 10.9 Å². The summed E-state index contributed by atoms with van der Waals surface area (Å²) in [7, 11) is 3.03. The lowest BCUT2D eigenvalue weighted by Gasteiger charge is -2.13. The predicted molar refractivity (Wildman–Crippen MR) is 112 cm³/mol. The summed E-state index contributed by atoms with van der Waals surface area (Å²) in [5.74, 6) is 1.00. The van der Waals surface area contributed by atoms with Gasteiger partial charge in [0.15, 0.2) is 23.0 Å². The van der Waals surface area contributed by atoms with Crippen LogP contribution in [0.25, 0.3) is 0 Å². The van der Waals surface area contributed by atoms with Crippen molar-refractivity contribution in [2.75, 3.05) is 27.4 Å². The van der Waals surface area contributed by atoms with E-state index in [1.807, 2.05) is 6.92 Å². The summed E-state index contributed by atoms with van der Waals surface area (Å²) in [4.78, 5) is 24.8. The lowest BCUT2D eigenvalue weighted by molar-refractivity contribution is 0.0846. The summed E-state index contributed by atoms with van der Waals surface area (Å²) < 4.78 is 21.6. The van der Waals surface area contributed by atoms with Gasteiger partial charge < -0.3 is 18.9 Å². The molecule has 0 atom stereocenters. The molecule has 2 aromatic rings. The van der Waals surface area contributed by atoms with Gasteiger partial charge in [-0.15, -0.1) is 0 Å². The molecule has 8 nitrogen and oxygen atoms in total. The van der Waals surface area contributed by atoms with Gasteiger partial charge in [-0.1, -0.05) is 13.3 Å². The Morgan fingerprint density at radius 2 is 1.33 bits per heavy atom. The smallest absolute Gasteiger partial charge is 0.269 e. The maximum absolute atomic E-state index is 12.4. The highest BCUT2D eigenvalue weighted by Gasteiger charge is 2.14. The molecule has 0 saturated heterocycles. The maximum atomic E-state index is 12.4. The number of hydrogen-bond acceptors (Lipinski definition) is 6. The molecule has 0 saturated carbocycles. The Labute approximate surface area is 176 Å². The molecule has 0 aliphatic carbocycles. The Kier molecular flexibility index (Phi) is 8.80. The number of nitrogens with one attached hydrogen (secondary N) is 2. The molecule has 30 heavy (non-hydrogen) atoms. The fraction of sp³-hybridized carbons (Fsp3) is 0.364. The van der Waals surface area contributed by atoms with Crippen molar-refractivity contribution < 1.29 is 28.5 Å². The first-order valence-electron chi connectivity index (χ1n) is 9.76. The summed E-state index contributed by atoms with van der Waals surface area (Å²) in [6.45, 7) is 4.91. The standard InChI is InChI=1S/C22H28N2O6/c1-5-7-12-30-18-11-9-15(13-19(18)28-4)21(25)23-24-22(26)16-8-10-17(27-3)20(14-16)29-6-2/h8-11,13-14H,5-7,12H2,1-4H3,(H,23,25)(H,24,26). The third-order valence-corrected chi connectivity index (χ3v) is 4.20. The van der Waals surface area contributed by atoms with E-state index in [0.29, 0.717) is 47.3 Å². The summed E-state index contributed by atoms with van der Waals surface area (Å²) in [6, 6.07) is 9.59. The Morgan fingerprint density at radius 3 is 1.87 bits per heavy atom. The molecule has 0 aliphatic rings. The number of rotatable bonds is 10. The van der Waals surface area contributed by atoms with Crippen molar-refractivity contribution in [2.24, 2.45) is 0 Å². The van der Waals surface area contributed by atoms with Gasteiger partial charge in [0.25, 0.3) is 11.8 Å². The van der Waals surface area contributed by atoms with Crippen LogP contribution in [0.5, 0.6) is 23.0 Å². The zero-order valence-corrected chi connectivity index (χ0v) is 17.7. The minimum absolute atomic E-state index is 0.316. The van der Waals surface area contributed by atoms with Crippen LogP contribution in [0.15, 0.2) is 36.4 Å². The van der Waals surface area contributed by atoms with Gasteiger partial charge in [-0.05, 0) is 49.7 Å². The van der Waals surface area contributed by atoms with E-state index in [1.54, 1.807) is 36.4 Å². The molecule has 0 aliphatic heterocycles. The number of unbranched alkanes of at least 4 members (excludes halogenated alkanes) is 1. The second-order valence-electron chi connectivity index (χ2n) is 6.27. The maximum Gasteiger partial charge on any atom is 0.269 e. The summed E-state index contributed by atoms with van der Waals surface area (Å²) in [6.07, 6.45) is 1.94. The molecule has 0 fully saturated rings. The van der Waals surface area contributed by atoms with E-state index in [4.69, 9.17) is 18.9 Å². The summed E-state index contributed by atoms with van der Waals surface area (Å²) in [5.41, 5.74) is 5.42. The number of ether oxygens (including phenoxy) is 4. The monoisotopic (exact) mass is 416 g/mol. The minimum atomic E-state index is -0.488. The van der Waals surface area contributed by atoms with Crippen LogP contribution >= 0.6 is 0 Å². The number of carbonyl (C=O) groups is 2. The van der Waals surface area contributed by atoms with Gasteiger partial charge in [0, 0.05) is 11.1 Å². The zero-order chi connectivity index (χ0) is 21.9. The van der Waals surface area contributed by atoms with Crippen LogP contribution in [-0.4, -0.2) is 39.2 Å². The van der Waals surface area contributed by atoms with Crippen LogP contribution in [0.3, 0.4) is 0 Å². The normalized spacial score (nSPS) is 10.1. The second kappa shape index (κ2) is 11.5. The van der Waals surface area contributed by atoms with Crippen molar-refractivity contribution >= 4 is 11.8 Å². The van der Waals surface area contributed by atoms with Crippen LogP contribution in [0.1, 0.15) is 47.4 Å². The van der Waals surface area contributed by atoms with Gasteiger partial charge in [0.2, 0.25) is 0 Å². The highest BCUT2D eigenvalue weighted by Crippen LogP contribution is 2.29. The van der Waals surface area contributed by atoms with Gasteiger partial charge in [-0.3, -0.25) is 20.4 Å². The minimum Gasteiger partial charge on any atom is -0.493 e. The fourth-order valence-corrected chi connectivity index (χ4v) is 2.60. The first-order chi connectivity index (χ1) is 14.5. The van der Waals surface area contributed by atoms with Gasteiger partial charge in [-0.25, -0.2) is 0 Å². The van der Waals surface area contributed by atoms with Gasteiger partial charge in [0.05, 0.1) is 27.4 Å². The highest BCUT2D eigenvalue weighted by atomic mass is 16.5. The molecule has 2 aromatic carbocycles. The second-order valence-corrected chi connectivity index (χ2v) is 6.27. The predicted octanol–water partition coefficient (Wildman–Crippen LogP) is 3.36. The topological polar surface area (TPSA) is 95.1 Å². The number of methoxy groups -OCH3 is 2. The number of amides is 2. The average molecular weight is 416 g/mol. The number of hydrogen-bond donors (Lipinski definition) is 2. The third-order valence-electron chi connectivity index (χ3n) is 4.20. The lowest BCUT2D eigenvalue weighted by Crippen LogP contribution is -2.41. The molecule has 8 heteroatoms. The summed E-state index contributed by atoms with van der Waals surface area (Å²) in [5, 5.41) is 0. The molecular weight excluding hydrogens is 388 g/mol. The molecule has 0 aromatic heterocycles. The Morgan fingerprint density at radius 1 is 0.767 bits per heavy atom. The van der Waals surface area contributed by atoms with E-state index < -0.39 is 11.8 Å². The molecule has 0 spiro atoms. The van der Waals surface area contributed by atoms with Crippen LogP contribution in [0.2, 0.25) is 0 Å². The van der Waals surface area contributed by atoms with Crippen molar-refractivity contribution in [1.29, 1.82) is 0 Å². The van der Waals surface area contributed by atoms with Crippen molar-refractivity contribution in [3.8, 4) is 23.0 Å². The first kappa shape index (κ1) is 22.9. The molecule has 0 bridgehead atoms. The Hall–Kier alpha value is -3.42. The number of hydrazine groups is 1. The van der Waals surface area contributed by atoms with Crippen molar-refractivity contribution in [2.45, 2.75) is 26.7 Å². The Balaban J connectivity index is 2.02. The van der Waals surface area contributed by atoms with E-state index in [0.717, 1.165) is 12.8 Å². The van der Waals surface area contributed by atoms with Crippen molar-refractivity contribution in [3.63, 3.8) is 0 Å². The molecule has 2 rings (SSSR count). The van der Waals surface area contributed by atoms with E-state index in [1.165, 1.54) is 14.2 Å². The van der Waals surface area contributed by atoms with Crippen LogP contribution < -0.4 is 29.8 Å². The van der Waals surface area contributed by atoms with Gasteiger partial charge in [-0.2, -0.15) is 0 Å². The van der Waals surface area contributed by atoms with E-state index >= 15 is 0 Å². The fourth-order valence-electron chi connectivity index (χ4n) is 2.60. The quantitative estimate of drug-likeness (QED) is 0.456. The van der Waals surface area contributed by atoms with Crippen molar-refractivity contribution in [3.05, 3.63) is 47.5 Å². The van der Waals surface area contributed by atoms with Gasteiger partial charge in [0.1, 0.15) is 0 Å². The number of carbonyl (C=O) groups excluding carboxylic acids is 2. The summed E-state index contributed by atoms with van der Waals surface area (Å²) >= 11 is 0. The van der Waals surface area contributed by atoms with Crippen LogP contribution in [0, 0.1) is 0 Å². The zero-order valence-electron chi connectivity index (χ0n) is 17.7. The molecule has 162 valence electrons. The first-order valence-corrected chi connectivity index (χ1v) is 9.76. The molecule has 0 heterocycles. The van der Waals surface area contributed by atoms with E-state index in [9.17, 15) is 9.59 Å². The molecule has 2 N–H and O–H groups in total. The number of benzene rings is 2. The average Bonchev–Trinajstić information content (AvgIpc) is 2.77. The van der Waals surface area contributed by atoms with Crippen LogP contribution in [0.4, 0.5) is 0 Å². The molecule has 0 radical (unpaired) electrons. The molecule has 2 amide bonds. The van der Waals surface area contributed by atoms with Crippen LogP contribution in [-0.2, 0) is 0 Å². The van der Waals surface area contributed by atoms with E-state index in [2.05, 4.69) is 17.8 Å². The van der Waals surface area contributed by atoms with E-state index in [-0.39, 0.29) is 0 Å². The Bertz CT molecular complexity index is 869. The third kappa shape index (κ3) is 6.04.